The van der Waals surface area contributed by atoms with E-state index < -0.39 is 23.9 Å². The summed E-state index contributed by atoms with van der Waals surface area (Å²) in [6, 6.07) is 12.6. The lowest BCUT2D eigenvalue weighted by atomic mass is 9.66. The van der Waals surface area contributed by atoms with Crippen LogP contribution >= 0.6 is 0 Å². The van der Waals surface area contributed by atoms with Crippen molar-refractivity contribution in [3.05, 3.63) is 54.2 Å². The van der Waals surface area contributed by atoms with Crippen LogP contribution in [0.25, 0.3) is 0 Å². The summed E-state index contributed by atoms with van der Waals surface area (Å²) in [5.74, 6) is -0.834. The molecular formula is C23H26F3N3O3. The van der Waals surface area contributed by atoms with E-state index in [1.807, 2.05) is 30.3 Å². The van der Waals surface area contributed by atoms with Crippen molar-refractivity contribution in [3.63, 3.8) is 0 Å². The third-order valence-electron chi connectivity index (χ3n) is 5.86. The van der Waals surface area contributed by atoms with E-state index >= 15 is 0 Å². The summed E-state index contributed by atoms with van der Waals surface area (Å²) in [5, 5.41) is 5.41. The number of carbonyl (C=O) groups excluding carboxylic acids is 2. The maximum Gasteiger partial charge on any atom is 0.397 e. The zero-order valence-electron chi connectivity index (χ0n) is 17.7. The summed E-state index contributed by atoms with van der Waals surface area (Å²) in [6.07, 6.45) is -1.84. The normalized spacial score (nSPS) is 20.9. The van der Waals surface area contributed by atoms with E-state index in [-0.39, 0.29) is 17.6 Å². The monoisotopic (exact) mass is 449 g/mol. The lowest BCUT2D eigenvalue weighted by Gasteiger charge is -2.38. The largest absolute Gasteiger partial charge is 0.468 e. The molecule has 32 heavy (non-hydrogen) atoms. The van der Waals surface area contributed by atoms with Crippen molar-refractivity contribution in [3.8, 4) is 0 Å². The molecule has 9 heteroatoms. The molecule has 1 heterocycles. The average molecular weight is 449 g/mol. The minimum Gasteiger partial charge on any atom is -0.468 e. The van der Waals surface area contributed by atoms with Gasteiger partial charge in [0.05, 0.1) is 18.2 Å². The summed E-state index contributed by atoms with van der Waals surface area (Å²) in [6.45, 7) is 0.519. The SMILES string of the molecule is COC(=O)C1(c2ccccc2)CCC(CNc2ncccc2NC(=O)CC(F)(F)F)CC1. The van der Waals surface area contributed by atoms with Crippen LogP contribution in [0.4, 0.5) is 24.7 Å². The highest BCUT2D eigenvalue weighted by Gasteiger charge is 2.44. The van der Waals surface area contributed by atoms with Gasteiger partial charge in [0, 0.05) is 12.7 Å². The quantitative estimate of drug-likeness (QED) is 0.600. The molecule has 0 radical (unpaired) electrons. The van der Waals surface area contributed by atoms with Crippen LogP contribution in [0.5, 0.6) is 0 Å². The number of esters is 1. The van der Waals surface area contributed by atoms with E-state index in [0.717, 1.165) is 18.4 Å². The van der Waals surface area contributed by atoms with Crippen LogP contribution < -0.4 is 10.6 Å². The van der Waals surface area contributed by atoms with Gasteiger partial charge < -0.3 is 15.4 Å². The Balaban J connectivity index is 1.62. The second-order valence-corrected chi connectivity index (χ2v) is 8.00. The molecule has 1 aromatic carbocycles. The van der Waals surface area contributed by atoms with E-state index in [2.05, 4.69) is 15.6 Å². The Labute approximate surface area is 184 Å². The molecule has 1 aliphatic carbocycles. The van der Waals surface area contributed by atoms with E-state index in [9.17, 15) is 22.8 Å². The topological polar surface area (TPSA) is 80.3 Å². The number of ether oxygens (including phenoxy) is 1. The number of halogens is 3. The number of hydrogen-bond acceptors (Lipinski definition) is 5. The number of hydrogen-bond donors (Lipinski definition) is 2. The number of alkyl halides is 3. The van der Waals surface area contributed by atoms with E-state index in [4.69, 9.17) is 4.74 Å². The molecule has 1 aliphatic rings. The van der Waals surface area contributed by atoms with Crippen molar-refractivity contribution in [2.24, 2.45) is 5.92 Å². The minimum atomic E-state index is -4.58. The second-order valence-electron chi connectivity index (χ2n) is 8.00. The van der Waals surface area contributed by atoms with Crippen molar-refractivity contribution >= 4 is 23.4 Å². The molecule has 0 aliphatic heterocycles. The Kier molecular flexibility index (Phi) is 7.37. The molecular weight excluding hydrogens is 423 g/mol. The Morgan fingerprint density at radius 3 is 2.44 bits per heavy atom. The number of benzene rings is 1. The van der Waals surface area contributed by atoms with Crippen molar-refractivity contribution in [1.82, 2.24) is 4.98 Å². The Morgan fingerprint density at radius 2 is 1.81 bits per heavy atom. The number of methoxy groups -OCH3 is 1. The average Bonchev–Trinajstić information content (AvgIpc) is 2.77. The van der Waals surface area contributed by atoms with Crippen LogP contribution in [0.1, 0.15) is 37.7 Å². The van der Waals surface area contributed by atoms with E-state index in [1.54, 1.807) is 6.07 Å². The molecule has 3 rings (SSSR count). The molecule has 6 nitrogen and oxygen atoms in total. The highest BCUT2D eigenvalue weighted by atomic mass is 19.4. The number of aromatic nitrogens is 1. The van der Waals surface area contributed by atoms with Crippen LogP contribution in [0.3, 0.4) is 0 Å². The predicted molar refractivity (Wildman–Crippen MR) is 114 cm³/mol. The number of nitrogens with zero attached hydrogens (tertiary/aromatic N) is 1. The summed E-state index contributed by atoms with van der Waals surface area (Å²) >= 11 is 0. The Morgan fingerprint density at radius 1 is 1.12 bits per heavy atom. The van der Waals surface area contributed by atoms with Gasteiger partial charge in [-0.15, -0.1) is 0 Å². The predicted octanol–water partition coefficient (Wildman–Crippen LogP) is 4.69. The number of rotatable bonds is 7. The number of nitrogens with one attached hydrogen (secondary N) is 2. The van der Waals surface area contributed by atoms with Gasteiger partial charge in [-0.25, -0.2) is 4.98 Å². The first-order chi connectivity index (χ1) is 15.2. The van der Waals surface area contributed by atoms with Crippen molar-refractivity contribution in [2.75, 3.05) is 24.3 Å². The fourth-order valence-electron chi connectivity index (χ4n) is 4.20. The molecule has 2 N–H and O–H groups in total. The van der Waals surface area contributed by atoms with Gasteiger partial charge in [0.25, 0.3) is 0 Å². The van der Waals surface area contributed by atoms with E-state index in [0.29, 0.717) is 25.2 Å². The number of pyridine rings is 1. The summed E-state index contributed by atoms with van der Waals surface area (Å²) in [7, 11) is 1.40. The molecule has 172 valence electrons. The van der Waals surface area contributed by atoms with Crippen molar-refractivity contribution in [2.45, 2.75) is 43.7 Å². The van der Waals surface area contributed by atoms with Crippen molar-refractivity contribution < 1.29 is 27.5 Å². The lowest BCUT2D eigenvalue weighted by molar-refractivity contribution is -0.151. The number of anilines is 2. The molecule has 0 atom stereocenters. The highest BCUT2D eigenvalue weighted by Crippen LogP contribution is 2.42. The lowest BCUT2D eigenvalue weighted by Crippen LogP contribution is -2.41. The van der Waals surface area contributed by atoms with Crippen LogP contribution in [-0.2, 0) is 19.7 Å². The maximum absolute atomic E-state index is 12.7. The smallest absolute Gasteiger partial charge is 0.397 e. The molecule has 1 amide bonds. The van der Waals surface area contributed by atoms with Gasteiger partial charge >= 0.3 is 12.1 Å². The maximum atomic E-state index is 12.7. The third-order valence-corrected chi connectivity index (χ3v) is 5.86. The van der Waals surface area contributed by atoms with Gasteiger partial charge in [-0.2, -0.15) is 13.2 Å². The molecule has 1 aromatic heterocycles. The Bertz CT molecular complexity index is 927. The standard InChI is InChI=1S/C23H26F3N3O3/c1-32-21(31)22(17-6-3-2-4-7-17)11-9-16(10-12-22)15-28-20-18(8-5-13-27-20)29-19(30)14-23(24,25)26/h2-8,13,16H,9-12,14-15H2,1H3,(H,27,28)(H,29,30). The molecule has 1 saturated carbocycles. The van der Waals surface area contributed by atoms with Gasteiger partial charge in [0.1, 0.15) is 12.2 Å². The van der Waals surface area contributed by atoms with Crippen LogP contribution in [0.2, 0.25) is 0 Å². The second kappa shape index (κ2) is 10.0. The molecule has 0 spiro atoms. The Hall–Kier alpha value is -3.10. The highest BCUT2D eigenvalue weighted by molar-refractivity contribution is 5.93. The van der Waals surface area contributed by atoms with Crippen molar-refractivity contribution in [1.29, 1.82) is 0 Å². The van der Waals surface area contributed by atoms with Crippen LogP contribution in [-0.4, -0.2) is 36.7 Å². The zero-order chi connectivity index (χ0) is 23.2. The molecule has 0 bridgehead atoms. The summed E-state index contributed by atoms with van der Waals surface area (Å²) < 4.78 is 42.4. The number of carbonyl (C=O) groups is 2. The number of amides is 1. The molecule has 2 aromatic rings. The van der Waals surface area contributed by atoms with Gasteiger partial charge in [0.2, 0.25) is 5.91 Å². The fourth-order valence-corrected chi connectivity index (χ4v) is 4.20. The minimum absolute atomic E-state index is 0.200. The summed E-state index contributed by atoms with van der Waals surface area (Å²) in [4.78, 5) is 28.5. The van der Waals surface area contributed by atoms with Gasteiger partial charge in [0.15, 0.2) is 0 Å². The van der Waals surface area contributed by atoms with E-state index in [1.165, 1.54) is 19.4 Å². The molecule has 1 fully saturated rings. The summed E-state index contributed by atoms with van der Waals surface area (Å²) in [5.41, 5.74) is 0.470. The van der Waals surface area contributed by atoms with Gasteiger partial charge in [-0.1, -0.05) is 30.3 Å². The third kappa shape index (κ3) is 5.77. The van der Waals surface area contributed by atoms with Gasteiger partial charge in [-0.3, -0.25) is 9.59 Å². The van der Waals surface area contributed by atoms with Crippen LogP contribution in [0, 0.1) is 5.92 Å². The van der Waals surface area contributed by atoms with Gasteiger partial charge in [-0.05, 0) is 49.3 Å². The first-order valence-corrected chi connectivity index (χ1v) is 10.4. The first kappa shape index (κ1) is 23.6. The first-order valence-electron chi connectivity index (χ1n) is 10.4. The van der Waals surface area contributed by atoms with Crippen LogP contribution in [0.15, 0.2) is 48.7 Å². The zero-order valence-corrected chi connectivity index (χ0v) is 17.7. The molecule has 0 saturated heterocycles. The molecule has 0 unspecified atom stereocenters. The fraction of sp³-hybridized carbons (Fsp3) is 0.435.